The quantitative estimate of drug-likeness (QED) is 0.279. The smallest absolute Gasteiger partial charge is 0.744 e. The molecule has 0 aliphatic rings. The van der Waals surface area contributed by atoms with Crippen LogP contribution in [0.15, 0.2) is 58.3 Å². The summed E-state index contributed by atoms with van der Waals surface area (Å²) >= 11 is 3.61. The van der Waals surface area contributed by atoms with Crippen LogP contribution in [0.5, 0.6) is 0 Å². The molecule has 6 nitrogen and oxygen atoms in total. The van der Waals surface area contributed by atoms with E-state index in [-0.39, 0.29) is 55.3 Å². The van der Waals surface area contributed by atoms with Gasteiger partial charge in [-0.15, -0.1) is 0 Å². The summed E-state index contributed by atoms with van der Waals surface area (Å²) in [5.41, 5.74) is 0. The normalized spacial score (nSPS) is 11.0. The maximum atomic E-state index is 10.5. The van der Waals surface area contributed by atoms with Gasteiger partial charge in [-0.05, 0) is 69.4 Å². The van der Waals surface area contributed by atoms with Gasteiger partial charge in [-0.25, -0.2) is 16.8 Å². The fraction of sp³-hybridized carbons (Fsp3) is 0. The van der Waals surface area contributed by atoms with Gasteiger partial charge in [0.05, 0.1) is 9.79 Å². The summed E-state index contributed by atoms with van der Waals surface area (Å²) in [4.78, 5) is -0.304. The summed E-state index contributed by atoms with van der Waals surface area (Å²) in [6.45, 7) is 0. The molecule has 23 heavy (non-hydrogen) atoms. The Kier molecular flexibility index (Phi) is 10.9. The van der Waals surface area contributed by atoms with Crippen molar-refractivity contribution < 1.29 is 25.9 Å². The molecule has 0 unspecified atom stereocenters. The first-order valence-corrected chi connectivity index (χ1v) is 10.4. The Bertz CT molecular complexity index is 795. The molecule has 0 heterocycles. The second kappa shape index (κ2) is 10.4. The molecule has 0 aliphatic carbocycles. The van der Waals surface area contributed by atoms with Crippen molar-refractivity contribution in [2.45, 2.75) is 9.79 Å². The van der Waals surface area contributed by atoms with Crippen molar-refractivity contribution in [3.05, 3.63) is 55.7 Å². The van der Waals surface area contributed by atoms with E-state index in [1.54, 1.807) is 69.4 Å². The van der Waals surface area contributed by atoms with E-state index in [4.69, 9.17) is 0 Å². The van der Waals surface area contributed by atoms with Crippen LogP contribution in [0.3, 0.4) is 0 Å². The van der Waals surface area contributed by atoms with Crippen molar-refractivity contribution in [2.75, 3.05) is 0 Å². The fourth-order valence-electron chi connectivity index (χ4n) is 1.29. The predicted octanol–water partition coefficient (Wildman–Crippen LogP) is 2.01. The Labute approximate surface area is 199 Å². The third-order valence-electron chi connectivity index (χ3n) is 2.21. The Hall–Kier alpha value is 1.20. The minimum atomic E-state index is -4.29. The molecule has 0 atom stereocenters. The molecule has 0 N–H and O–H groups in total. The van der Waals surface area contributed by atoms with E-state index >= 15 is 0 Å². The molecule has 0 spiro atoms. The molecule has 2 aromatic carbocycles. The second-order valence-electron chi connectivity index (χ2n) is 3.77. The van der Waals surface area contributed by atoms with Crippen molar-refractivity contribution >= 4 is 111 Å². The molecule has 11 heteroatoms. The van der Waals surface area contributed by atoms with Crippen molar-refractivity contribution in [1.82, 2.24) is 0 Å². The Morgan fingerprint density at radius 3 is 1.09 bits per heavy atom. The van der Waals surface area contributed by atoms with Gasteiger partial charge in [-0.3, -0.25) is 0 Å². The standard InChI is InChI=1S/2C6H5IO3S.Sr/c2*7-5-3-1-2-4-6(5)11(8,9)10;/h2*1-4H,(H,8,9,10);/q;;+2/p-2. The number of hydrogen-bond acceptors (Lipinski definition) is 6. The largest absolute Gasteiger partial charge is 2.00 e. The van der Waals surface area contributed by atoms with Crippen LogP contribution >= 0.6 is 45.2 Å². The van der Waals surface area contributed by atoms with Crippen LogP contribution in [0.1, 0.15) is 0 Å². The molecular weight excluding hydrogens is 646 g/mol. The van der Waals surface area contributed by atoms with Gasteiger partial charge < -0.3 is 9.11 Å². The predicted molar refractivity (Wildman–Crippen MR) is 100.0 cm³/mol. The summed E-state index contributed by atoms with van der Waals surface area (Å²) < 4.78 is 63.9. The van der Waals surface area contributed by atoms with E-state index in [1.165, 1.54) is 24.3 Å². The van der Waals surface area contributed by atoms with E-state index in [1.807, 2.05) is 0 Å². The first-order chi connectivity index (χ1) is 10.0. The topological polar surface area (TPSA) is 114 Å². The molecule has 0 radical (unpaired) electrons. The first kappa shape index (κ1) is 24.2. The van der Waals surface area contributed by atoms with E-state index in [0.29, 0.717) is 7.14 Å². The molecule has 0 saturated carbocycles. The minimum absolute atomic E-state index is 0. The molecule has 0 saturated heterocycles. The second-order valence-corrected chi connectivity index (χ2v) is 8.79. The maximum Gasteiger partial charge on any atom is 2.00 e. The number of benzene rings is 2. The minimum Gasteiger partial charge on any atom is -0.744 e. The molecule has 120 valence electrons. The Morgan fingerprint density at radius 2 is 0.913 bits per heavy atom. The molecule has 0 aliphatic heterocycles. The molecule has 2 aromatic rings. The summed E-state index contributed by atoms with van der Waals surface area (Å²) in [5.74, 6) is 0. The molecule has 2 rings (SSSR count). The average Bonchev–Trinajstić information content (AvgIpc) is 2.37. The van der Waals surface area contributed by atoms with Gasteiger partial charge in [-0.2, -0.15) is 0 Å². The Morgan fingerprint density at radius 1 is 0.652 bits per heavy atom. The zero-order valence-corrected chi connectivity index (χ0v) is 20.8. The third-order valence-corrected chi connectivity index (χ3v) is 6.61. The van der Waals surface area contributed by atoms with Crippen molar-refractivity contribution in [3.63, 3.8) is 0 Å². The van der Waals surface area contributed by atoms with Crippen LogP contribution in [-0.4, -0.2) is 71.4 Å². The zero-order chi connectivity index (χ0) is 17.0. The van der Waals surface area contributed by atoms with Crippen LogP contribution < -0.4 is 0 Å². The molecule has 0 amide bonds. The molecule has 0 fully saturated rings. The van der Waals surface area contributed by atoms with E-state index < -0.39 is 20.2 Å². The van der Waals surface area contributed by atoms with Gasteiger partial charge >= 0.3 is 45.5 Å². The number of hydrogen-bond donors (Lipinski definition) is 0. The van der Waals surface area contributed by atoms with Gasteiger partial charge in [0.1, 0.15) is 20.2 Å². The number of halogens is 2. The zero-order valence-electron chi connectivity index (χ0n) is 11.3. The molecule has 0 aromatic heterocycles. The van der Waals surface area contributed by atoms with Gasteiger partial charge in [0, 0.05) is 7.14 Å². The van der Waals surface area contributed by atoms with E-state index in [2.05, 4.69) is 0 Å². The summed E-state index contributed by atoms with van der Waals surface area (Å²) in [5, 5.41) is 0. The molecule has 0 bridgehead atoms. The van der Waals surface area contributed by atoms with Gasteiger partial charge in [-0.1, -0.05) is 24.3 Å². The van der Waals surface area contributed by atoms with E-state index in [0.717, 1.165) is 0 Å². The van der Waals surface area contributed by atoms with Crippen molar-refractivity contribution in [3.8, 4) is 0 Å². The average molecular weight is 654 g/mol. The van der Waals surface area contributed by atoms with Crippen molar-refractivity contribution in [1.29, 1.82) is 0 Å². The monoisotopic (exact) mass is 654 g/mol. The summed E-state index contributed by atoms with van der Waals surface area (Å²) in [7, 11) is -8.58. The Balaban J connectivity index is 0.000000403. The fourth-order valence-corrected chi connectivity index (χ4v) is 4.79. The number of rotatable bonds is 2. The van der Waals surface area contributed by atoms with Crippen LogP contribution in [0.4, 0.5) is 0 Å². The molecular formula is C12H8I2O6S2Sr. The van der Waals surface area contributed by atoms with Crippen LogP contribution in [0.25, 0.3) is 0 Å². The SMILES string of the molecule is O=S(=O)([O-])c1ccccc1I.O=S(=O)([O-])c1ccccc1I.[Sr+2]. The van der Waals surface area contributed by atoms with E-state index in [9.17, 15) is 25.9 Å². The van der Waals surface area contributed by atoms with Gasteiger partial charge in [0.15, 0.2) is 0 Å². The van der Waals surface area contributed by atoms with Crippen LogP contribution in [0, 0.1) is 7.14 Å². The van der Waals surface area contributed by atoms with Crippen LogP contribution in [-0.2, 0) is 20.2 Å². The van der Waals surface area contributed by atoms with Crippen LogP contribution in [0.2, 0.25) is 0 Å². The maximum absolute atomic E-state index is 10.5. The van der Waals surface area contributed by atoms with Crippen molar-refractivity contribution in [2.24, 2.45) is 0 Å². The van der Waals surface area contributed by atoms with Gasteiger partial charge in [0.2, 0.25) is 0 Å². The summed E-state index contributed by atoms with van der Waals surface area (Å²) in [6.07, 6.45) is 0. The summed E-state index contributed by atoms with van der Waals surface area (Å²) in [6, 6.07) is 12.1. The van der Waals surface area contributed by atoms with Gasteiger partial charge in [0.25, 0.3) is 0 Å². The first-order valence-electron chi connectivity index (χ1n) is 5.44. The third kappa shape index (κ3) is 8.42.